The van der Waals surface area contributed by atoms with Crippen LogP contribution in [-0.4, -0.2) is 40.9 Å². The van der Waals surface area contributed by atoms with Gasteiger partial charge in [-0.2, -0.15) is 5.10 Å². The number of imidazole rings is 1. The second-order valence-electron chi connectivity index (χ2n) is 9.61. The van der Waals surface area contributed by atoms with E-state index in [-0.39, 0.29) is 5.78 Å². The Hall–Kier alpha value is -4.72. The van der Waals surface area contributed by atoms with Crippen molar-refractivity contribution in [2.45, 2.75) is 25.7 Å². The highest BCUT2D eigenvalue weighted by atomic mass is 16.1. The summed E-state index contributed by atoms with van der Waals surface area (Å²) in [5.41, 5.74) is 7.64. The van der Waals surface area contributed by atoms with Gasteiger partial charge in [-0.1, -0.05) is 25.0 Å². The third-order valence-corrected chi connectivity index (χ3v) is 7.02. The number of fused-ring (bicyclic) bond motifs is 2. The van der Waals surface area contributed by atoms with Crippen LogP contribution in [0.15, 0.2) is 73.6 Å². The van der Waals surface area contributed by atoms with E-state index in [0.29, 0.717) is 17.8 Å². The molecule has 0 atom stereocenters. The summed E-state index contributed by atoms with van der Waals surface area (Å²) in [6, 6.07) is 11.9. The summed E-state index contributed by atoms with van der Waals surface area (Å²) in [4.78, 5) is 34.0. The third kappa shape index (κ3) is 4.06. The zero-order valence-electron chi connectivity index (χ0n) is 20.0. The molecule has 5 aromatic heterocycles. The van der Waals surface area contributed by atoms with Crippen molar-refractivity contribution < 1.29 is 4.79 Å². The Morgan fingerprint density at radius 2 is 1.78 bits per heavy atom. The second kappa shape index (κ2) is 8.74. The van der Waals surface area contributed by atoms with E-state index in [2.05, 4.69) is 36.2 Å². The zero-order valence-corrected chi connectivity index (χ0v) is 20.0. The lowest BCUT2D eigenvalue weighted by atomic mass is 10.0. The number of aromatic amines is 2. The molecular weight excluding hydrogens is 462 g/mol. The van der Waals surface area contributed by atoms with Gasteiger partial charge in [0.05, 0.1) is 17.2 Å². The first-order valence-corrected chi connectivity index (χ1v) is 12.4. The summed E-state index contributed by atoms with van der Waals surface area (Å²) in [5.74, 6) is 1.54. The van der Waals surface area contributed by atoms with E-state index in [1.165, 1.54) is 12.8 Å². The first kappa shape index (κ1) is 21.6. The zero-order chi connectivity index (χ0) is 24.8. The molecule has 0 radical (unpaired) electrons. The number of benzene rings is 1. The first-order chi connectivity index (χ1) is 18.2. The largest absolute Gasteiger partial charge is 0.335 e. The molecule has 1 saturated carbocycles. The molecule has 0 unspecified atom stereocenters. The van der Waals surface area contributed by atoms with Crippen LogP contribution in [-0.2, 0) is 0 Å². The lowest BCUT2D eigenvalue weighted by Gasteiger charge is -2.05. The minimum Gasteiger partial charge on any atom is -0.335 e. The minimum atomic E-state index is 0.159. The van der Waals surface area contributed by atoms with Crippen molar-refractivity contribution in [2.75, 3.05) is 0 Å². The number of rotatable bonds is 7. The Kier molecular flexibility index (Phi) is 5.09. The average molecular weight is 486 g/mol. The maximum absolute atomic E-state index is 12.7. The molecule has 2 N–H and O–H groups in total. The van der Waals surface area contributed by atoms with Crippen LogP contribution in [0.3, 0.4) is 0 Å². The van der Waals surface area contributed by atoms with Crippen LogP contribution in [0.1, 0.15) is 36.0 Å². The van der Waals surface area contributed by atoms with Crippen LogP contribution < -0.4 is 0 Å². The van der Waals surface area contributed by atoms with Crippen molar-refractivity contribution >= 4 is 27.7 Å². The van der Waals surface area contributed by atoms with E-state index >= 15 is 0 Å². The molecule has 1 aromatic carbocycles. The maximum atomic E-state index is 12.7. The lowest BCUT2D eigenvalue weighted by molar-refractivity contribution is 0.0977. The number of nitrogens with one attached hydrogen (secondary N) is 2. The number of H-pyrrole nitrogens is 2. The number of carbonyl (C=O) groups is 1. The predicted molar refractivity (Wildman–Crippen MR) is 142 cm³/mol. The van der Waals surface area contributed by atoms with Crippen molar-refractivity contribution in [3.63, 3.8) is 0 Å². The molecule has 8 heteroatoms. The van der Waals surface area contributed by atoms with Gasteiger partial charge < -0.3 is 4.98 Å². The smallest absolute Gasteiger partial charge is 0.164 e. The van der Waals surface area contributed by atoms with Crippen molar-refractivity contribution in [1.82, 2.24) is 35.1 Å². The number of carbonyl (C=O) groups excluding carboxylic acids is 1. The van der Waals surface area contributed by atoms with Crippen molar-refractivity contribution in [2.24, 2.45) is 5.92 Å². The Balaban J connectivity index is 1.26. The van der Waals surface area contributed by atoms with Crippen LogP contribution in [0.25, 0.3) is 55.7 Å². The van der Waals surface area contributed by atoms with Gasteiger partial charge in [0.2, 0.25) is 0 Å². The van der Waals surface area contributed by atoms with Crippen LogP contribution in [0, 0.1) is 5.92 Å². The van der Waals surface area contributed by atoms with Crippen LogP contribution in [0.5, 0.6) is 0 Å². The summed E-state index contributed by atoms with van der Waals surface area (Å²) in [6.45, 7) is 0. The van der Waals surface area contributed by atoms with E-state index in [9.17, 15) is 4.79 Å². The maximum Gasteiger partial charge on any atom is 0.164 e. The summed E-state index contributed by atoms with van der Waals surface area (Å²) in [7, 11) is 0. The van der Waals surface area contributed by atoms with Crippen molar-refractivity contribution in [3.05, 3.63) is 79.1 Å². The molecule has 8 nitrogen and oxygen atoms in total. The van der Waals surface area contributed by atoms with Gasteiger partial charge in [0.1, 0.15) is 11.2 Å². The number of Topliss-reactive ketones (excluding diaryl/α,β-unsaturated/α-hetero) is 1. The van der Waals surface area contributed by atoms with E-state index in [1.807, 2.05) is 30.3 Å². The SMILES string of the molecule is O=C(CCC1CC1)c1cncc(-c2ccc3[nH]nc(-c4nc5c(-c6cccnc6)cncc5[nH]4)c3c2)c1. The number of nitrogens with zero attached hydrogens (tertiary/aromatic N) is 5. The molecule has 180 valence electrons. The fraction of sp³-hybridized carbons (Fsp3) is 0.172. The molecule has 6 aromatic rings. The molecule has 1 aliphatic rings. The Bertz CT molecular complexity index is 1770. The molecule has 0 amide bonds. The Labute approximate surface area is 212 Å². The van der Waals surface area contributed by atoms with Gasteiger partial charge in [0.25, 0.3) is 0 Å². The fourth-order valence-electron chi connectivity index (χ4n) is 4.79. The first-order valence-electron chi connectivity index (χ1n) is 12.4. The van der Waals surface area contributed by atoms with Crippen LogP contribution >= 0.6 is 0 Å². The van der Waals surface area contributed by atoms with E-state index in [0.717, 1.165) is 62.2 Å². The van der Waals surface area contributed by atoms with E-state index in [1.54, 1.807) is 37.2 Å². The topological polar surface area (TPSA) is 113 Å². The highest BCUT2D eigenvalue weighted by Crippen LogP contribution is 2.35. The minimum absolute atomic E-state index is 0.159. The standard InChI is InChI=1S/C29H23N7O/c37-26(8-5-17-3-4-17)21-10-20(13-31-14-21)18-6-7-24-22(11-18)28(36-35-24)29-33-25-16-32-15-23(27(25)34-29)19-2-1-9-30-12-19/h1-2,6-7,9-17H,3-5,8H2,(H,33,34)(H,35,36). The molecule has 1 fully saturated rings. The quantitative estimate of drug-likeness (QED) is 0.268. The number of aromatic nitrogens is 7. The normalized spacial score (nSPS) is 13.4. The van der Waals surface area contributed by atoms with E-state index in [4.69, 9.17) is 4.98 Å². The van der Waals surface area contributed by atoms with Gasteiger partial charge >= 0.3 is 0 Å². The summed E-state index contributed by atoms with van der Waals surface area (Å²) in [5, 5.41) is 8.61. The van der Waals surface area contributed by atoms with Gasteiger partial charge in [-0.05, 0) is 42.2 Å². The predicted octanol–water partition coefficient (Wildman–Crippen LogP) is 6.00. The molecule has 5 heterocycles. The van der Waals surface area contributed by atoms with Gasteiger partial charge in [0.15, 0.2) is 11.6 Å². The number of hydrogen-bond acceptors (Lipinski definition) is 6. The molecule has 0 aliphatic heterocycles. The van der Waals surface area contributed by atoms with Crippen molar-refractivity contribution in [1.29, 1.82) is 0 Å². The fourth-order valence-corrected chi connectivity index (χ4v) is 4.79. The Morgan fingerprint density at radius 3 is 2.65 bits per heavy atom. The summed E-state index contributed by atoms with van der Waals surface area (Å²) < 4.78 is 0. The molecule has 1 aliphatic carbocycles. The van der Waals surface area contributed by atoms with E-state index < -0.39 is 0 Å². The molecular formula is C29H23N7O. The van der Waals surface area contributed by atoms with Crippen LogP contribution in [0.2, 0.25) is 0 Å². The molecule has 7 rings (SSSR count). The third-order valence-electron chi connectivity index (χ3n) is 7.02. The molecule has 37 heavy (non-hydrogen) atoms. The molecule has 0 spiro atoms. The van der Waals surface area contributed by atoms with Crippen LogP contribution in [0.4, 0.5) is 0 Å². The summed E-state index contributed by atoms with van der Waals surface area (Å²) >= 11 is 0. The molecule has 0 bridgehead atoms. The van der Waals surface area contributed by atoms with Gasteiger partial charge in [-0.15, -0.1) is 0 Å². The Morgan fingerprint density at radius 1 is 0.892 bits per heavy atom. The highest BCUT2D eigenvalue weighted by molar-refractivity contribution is 5.99. The summed E-state index contributed by atoms with van der Waals surface area (Å²) in [6.07, 6.45) is 14.7. The highest BCUT2D eigenvalue weighted by Gasteiger charge is 2.22. The molecule has 0 saturated heterocycles. The lowest BCUT2D eigenvalue weighted by Crippen LogP contribution is -2.00. The van der Waals surface area contributed by atoms with Gasteiger partial charge in [-0.25, -0.2) is 4.98 Å². The van der Waals surface area contributed by atoms with Gasteiger partial charge in [0, 0.05) is 65.0 Å². The monoisotopic (exact) mass is 485 g/mol. The van der Waals surface area contributed by atoms with Gasteiger partial charge in [-0.3, -0.25) is 24.8 Å². The second-order valence-corrected chi connectivity index (χ2v) is 9.61. The average Bonchev–Trinajstić information content (AvgIpc) is 3.52. The number of pyridine rings is 3. The number of ketones is 1. The van der Waals surface area contributed by atoms with Crippen molar-refractivity contribution in [3.8, 4) is 33.8 Å². The number of hydrogen-bond donors (Lipinski definition) is 2.